The van der Waals surface area contributed by atoms with E-state index in [-0.39, 0.29) is 6.61 Å². The van der Waals surface area contributed by atoms with Gasteiger partial charge in [-0.25, -0.2) is 0 Å². The SMILES string of the molecule is Cc1cc(C)c(N)c(-c2cc(N)ccc2NCCO)c1. The lowest BCUT2D eigenvalue weighted by Crippen LogP contribution is -2.07. The Balaban J connectivity index is 2.59. The lowest BCUT2D eigenvalue weighted by Gasteiger charge is -2.16. The summed E-state index contributed by atoms with van der Waals surface area (Å²) in [6, 6.07) is 9.77. The first kappa shape index (κ1) is 14.2. The first-order chi connectivity index (χ1) is 9.52. The number of rotatable bonds is 4. The quantitative estimate of drug-likeness (QED) is 0.644. The molecule has 106 valence electrons. The van der Waals surface area contributed by atoms with Crippen molar-refractivity contribution < 1.29 is 5.11 Å². The molecule has 0 spiro atoms. The fraction of sp³-hybridized carbons (Fsp3) is 0.250. The first-order valence-corrected chi connectivity index (χ1v) is 6.64. The van der Waals surface area contributed by atoms with E-state index in [0.717, 1.165) is 33.6 Å². The zero-order chi connectivity index (χ0) is 14.7. The maximum absolute atomic E-state index is 8.97. The number of aryl methyl sites for hydroxylation is 2. The molecule has 6 N–H and O–H groups in total. The average molecular weight is 271 g/mol. The first-order valence-electron chi connectivity index (χ1n) is 6.64. The van der Waals surface area contributed by atoms with Crippen molar-refractivity contribution >= 4 is 17.1 Å². The molecule has 0 saturated heterocycles. The standard InChI is InChI=1S/C16H21N3O/c1-10-7-11(2)16(18)14(8-10)13-9-12(17)3-4-15(13)19-5-6-20/h3-4,7-9,19-20H,5-6,17-18H2,1-2H3. The van der Waals surface area contributed by atoms with Crippen molar-refractivity contribution in [2.24, 2.45) is 0 Å². The number of nitrogens with two attached hydrogens (primary N) is 2. The number of nitrogens with one attached hydrogen (secondary N) is 1. The molecule has 0 aliphatic carbocycles. The van der Waals surface area contributed by atoms with Gasteiger partial charge >= 0.3 is 0 Å². The van der Waals surface area contributed by atoms with Crippen LogP contribution >= 0.6 is 0 Å². The summed E-state index contributed by atoms with van der Waals surface area (Å²) in [5.41, 5.74) is 18.6. The molecular weight excluding hydrogens is 250 g/mol. The summed E-state index contributed by atoms with van der Waals surface area (Å²) in [5, 5.41) is 12.2. The van der Waals surface area contributed by atoms with Crippen molar-refractivity contribution in [2.45, 2.75) is 13.8 Å². The summed E-state index contributed by atoms with van der Waals surface area (Å²) >= 11 is 0. The summed E-state index contributed by atoms with van der Waals surface area (Å²) in [7, 11) is 0. The normalized spacial score (nSPS) is 10.6. The molecule has 0 bridgehead atoms. The number of aliphatic hydroxyl groups is 1. The predicted octanol–water partition coefficient (Wildman–Crippen LogP) is 2.54. The van der Waals surface area contributed by atoms with Crippen molar-refractivity contribution in [1.82, 2.24) is 0 Å². The lowest BCUT2D eigenvalue weighted by molar-refractivity contribution is 0.311. The highest BCUT2D eigenvalue weighted by Crippen LogP contribution is 2.36. The van der Waals surface area contributed by atoms with E-state index in [2.05, 4.69) is 17.4 Å². The van der Waals surface area contributed by atoms with Gasteiger partial charge in [-0.15, -0.1) is 0 Å². The predicted molar refractivity (Wildman–Crippen MR) is 85.8 cm³/mol. The van der Waals surface area contributed by atoms with Gasteiger partial charge in [-0.3, -0.25) is 0 Å². The van der Waals surface area contributed by atoms with Crippen LogP contribution in [0.25, 0.3) is 11.1 Å². The second kappa shape index (κ2) is 5.84. The molecule has 2 aromatic rings. The zero-order valence-corrected chi connectivity index (χ0v) is 11.9. The Bertz CT molecular complexity index is 623. The largest absolute Gasteiger partial charge is 0.399 e. The molecule has 0 saturated carbocycles. The monoisotopic (exact) mass is 271 g/mol. The number of benzene rings is 2. The maximum atomic E-state index is 8.97. The van der Waals surface area contributed by atoms with Crippen LogP contribution in [-0.4, -0.2) is 18.3 Å². The van der Waals surface area contributed by atoms with Crippen LogP contribution in [0.2, 0.25) is 0 Å². The fourth-order valence-corrected chi connectivity index (χ4v) is 2.33. The summed E-state index contributed by atoms with van der Waals surface area (Å²) in [6.07, 6.45) is 0. The maximum Gasteiger partial charge on any atom is 0.0604 e. The Hall–Kier alpha value is -2.20. The molecule has 2 aromatic carbocycles. The van der Waals surface area contributed by atoms with E-state index in [1.54, 1.807) is 0 Å². The molecule has 2 rings (SSSR count). The second-order valence-corrected chi connectivity index (χ2v) is 5.00. The highest BCUT2D eigenvalue weighted by atomic mass is 16.3. The molecule has 0 unspecified atom stereocenters. The molecule has 0 aliphatic rings. The molecule has 0 aromatic heterocycles. The Morgan fingerprint density at radius 2 is 1.80 bits per heavy atom. The molecule has 20 heavy (non-hydrogen) atoms. The summed E-state index contributed by atoms with van der Waals surface area (Å²) in [4.78, 5) is 0. The van der Waals surface area contributed by atoms with Gasteiger partial charge in [-0.2, -0.15) is 0 Å². The molecule has 0 fully saturated rings. The van der Waals surface area contributed by atoms with Gasteiger partial charge in [0.2, 0.25) is 0 Å². The van der Waals surface area contributed by atoms with E-state index in [1.807, 2.05) is 32.0 Å². The van der Waals surface area contributed by atoms with E-state index >= 15 is 0 Å². The van der Waals surface area contributed by atoms with Gasteiger partial charge < -0.3 is 21.9 Å². The van der Waals surface area contributed by atoms with Crippen LogP contribution < -0.4 is 16.8 Å². The Kier molecular flexibility index (Phi) is 4.15. The Morgan fingerprint density at radius 3 is 2.50 bits per heavy atom. The Labute approximate surface area is 119 Å². The third-order valence-corrected chi connectivity index (χ3v) is 3.29. The Morgan fingerprint density at radius 1 is 1.05 bits per heavy atom. The minimum atomic E-state index is 0.0755. The summed E-state index contributed by atoms with van der Waals surface area (Å²) in [5.74, 6) is 0. The average Bonchev–Trinajstić information content (AvgIpc) is 2.41. The zero-order valence-electron chi connectivity index (χ0n) is 11.9. The minimum Gasteiger partial charge on any atom is -0.399 e. The van der Waals surface area contributed by atoms with Crippen molar-refractivity contribution in [2.75, 3.05) is 29.9 Å². The van der Waals surface area contributed by atoms with E-state index in [0.29, 0.717) is 12.2 Å². The topological polar surface area (TPSA) is 84.3 Å². The van der Waals surface area contributed by atoms with E-state index in [9.17, 15) is 0 Å². The molecule has 4 nitrogen and oxygen atoms in total. The molecule has 0 aliphatic heterocycles. The second-order valence-electron chi connectivity index (χ2n) is 5.00. The van der Waals surface area contributed by atoms with Crippen LogP contribution in [0.15, 0.2) is 30.3 Å². The van der Waals surface area contributed by atoms with Gasteiger partial charge in [-0.05, 0) is 43.7 Å². The van der Waals surface area contributed by atoms with Gasteiger partial charge in [0.25, 0.3) is 0 Å². The smallest absolute Gasteiger partial charge is 0.0604 e. The van der Waals surface area contributed by atoms with Crippen molar-refractivity contribution in [3.8, 4) is 11.1 Å². The van der Waals surface area contributed by atoms with Crippen LogP contribution in [0.3, 0.4) is 0 Å². The van der Waals surface area contributed by atoms with Gasteiger partial charge in [0.05, 0.1) is 6.61 Å². The number of aliphatic hydroxyl groups excluding tert-OH is 1. The number of nitrogen functional groups attached to an aromatic ring is 2. The van der Waals surface area contributed by atoms with Crippen molar-refractivity contribution in [3.63, 3.8) is 0 Å². The molecule has 0 radical (unpaired) electrons. The van der Waals surface area contributed by atoms with Gasteiger partial charge in [0.1, 0.15) is 0 Å². The van der Waals surface area contributed by atoms with E-state index in [1.165, 1.54) is 0 Å². The lowest BCUT2D eigenvalue weighted by atomic mass is 9.96. The van der Waals surface area contributed by atoms with E-state index < -0.39 is 0 Å². The molecular formula is C16H21N3O. The molecule has 0 atom stereocenters. The van der Waals surface area contributed by atoms with Gasteiger partial charge in [0, 0.05) is 34.7 Å². The van der Waals surface area contributed by atoms with Crippen LogP contribution in [0.1, 0.15) is 11.1 Å². The van der Waals surface area contributed by atoms with E-state index in [4.69, 9.17) is 16.6 Å². The van der Waals surface area contributed by atoms with Gasteiger partial charge in [0.15, 0.2) is 0 Å². The van der Waals surface area contributed by atoms with Gasteiger partial charge in [-0.1, -0.05) is 11.6 Å². The fourth-order valence-electron chi connectivity index (χ4n) is 2.33. The number of hydrogen-bond acceptors (Lipinski definition) is 4. The third-order valence-electron chi connectivity index (χ3n) is 3.29. The highest BCUT2D eigenvalue weighted by Gasteiger charge is 2.11. The summed E-state index contributed by atoms with van der Waals surface area (Å²) < 4.78 is 0. The third kappa shape index (κ3) is 2.86. The number of hydrogen-bond donors (Lipinski definition) is 4. The molecule has 0 amide bonds. The number of anilines is 3. The summed E-state index contributed by atoms with van der Waals surface area (Å²) in [6.45, 7) is 4.61. The van der Waals surface area contributed by atoms with Crippen LogP contribution in [0.4, 0.5) is 17.1 Å². The molecule has 4 heteroatoms. The minimum absolute atomic E-state index is 0.0755. The molecule has 0 heterocycles. The van der Waals surface area contributed by atoms with Crippen LogP contribution in [0.5, 0.6) is 0 Å². The van der Waals surface area contributed by atoms with Crippen molar-refractivity contribution in [3.05, 3.63) is 41.5 Å². The van der Waals surface area contributed by atoms with Crippen molar-refractivity contribution in [1.29, 1.82) is 0 Å². The highest BCUT2D eigenvalue weighted by molar-refractivity contribution is 5.88. The van der Waals surface area contributed by atoms with Crippen LogP contribution in [-0.2, 0) is 0 Å². The van der Waals surface area contributed by atoms with Crippen LogP contribution in [0, 0.1) is 13.8 Å².